The Morgan fingerprint density at radius 3 is 2.48 bits per heavy atom. The van der Waals surface area contributed by atoms with Gasteiger partial charge in [-0.2, -0.15) is 0 Å². The maximum absolute atomic E-state index is 13.3. The number of fused-ring (bicyclic) bond motifs is 1. The third-order valence-electron chi connectivity index (χ3n) is 5.41. The van der Waals surface area contributed by atoms with E-state index in [9.17, 15) is 4.79 Å². The van der Waals surface area contributed by atoms with Crippen LogP contribution < -0.4 is 15.2 Å². The molecule has 144 valence electrons. The Kier molecular flexibility index (Phi) is 5.72. The second-order valence-corrected chi connectivity index (χ2v) is 8.34. The molecule has 0 saturated carbocycles. The molecular weight excluding hydrogens is 358 g/mol. The topological polar surface area (TPSA) is 47.4 Å². The lowest BCUT2D eigenvalue weighted by molar-refractivity contribution is 0.414. The Bertz CT molecular complexity index is 840. The fourth-order valence-electron chi connectivity index (χ4n) is 3.90. The first-order valence-corrected chi connectivity index (χ1v) is 10.9. The zero-order valence-electron chi connectivity index (χ0n) is 15.9. The molecule has 1 aromatic carbocycles. The zero-order valence-corrected chi connectivity index (χ0v) is 16.8. The Labute approximate surface area is 164 Å². The van der Waals surface area contributed by atoms with Crippen LogP contribution in [0.2, 0.25) is 0 Å². The van der Waals surface area contributed by atoms with Crippen LogP contribution in [0.1, 0.15) is 43.2 Å². The van der Waals surface area contributed by atoms with E-state index < -0.39 is 0 Å². The quantitative estimate of drug-likeness (QED) is 0.751. The van der Waals surface area contributed by atoms with E-state index in [0.29, 0.717) is 6.42 Å². The first kappa shape index (κ1) is 18.4. The van der Waals surface area contributed by atoms with Crippen molar-refractivity contribution in [2.24, 2.45) is 0 Å². The minimum atomic E-state index is 0.141. The molecule has 0 radical (unpaired) electrons. The highest BCUT2D eigenvalue weighted by molar-refractivity contribution is 7.99. The molecule has 2 aromatic rings. The molecule has 1 fully saturated rings. The summed E-state index contributed by atoms with van der Waals surface area (Å²) in [5, 5.41) is 0.893. The minimum Gasteiger partial charge on any atom is -0.497 e. The monoisotopic (exact) mass is 385 g/mol. The third-order valence-corrected chi connectivity index (χ3v) is 6.47. The van der Waals surface area contributed by atoms with Gasteiger partial charge in [-0.1, -0.05) is 36.7 Å². The van der Waals surface area contributed by atoms with Crippen molar-refractivity contribution in [3.63, 3.8) is 0 Å². The van der Waals surface area contributed by atoms with Crippen molar-refractivity contribution >= 4 is 17.6 Å². The second kappa shape index (κ2) is 8.38. The molecule has 0 bridgehead atoms. The Morgan fingerprint density at radius 1 is 1.04 bits per heavy atom. The summed E-state index contributed by atoms with van der Waals surface area (Å²) in [5.41, 5.74) is 2.10. The van der Waals surface area contributed by atoms with Crippen LogP contribution in [-0.2, 0) is 13.0 Å². The fraction of sp³-hybridized carbons (Fsp3) is 0.524. The van der Waals surface area contributed by atoms with Gasteiger partial charge in [-0.15, -0.1) is 0 Å². The second-order valence-electron chi connectivity index (χ2n) is 7.28. The summed E-state index contributed by atoms with van der Waals surface area (Å²) >= 11 is 1.71. The van der Waals surface area contributed by atoms with Crippen molar-refractivity contribution in [2.75, 3.05) is 30.9 Å². The predicted molar refractivity (Wildman–Crippen MR) is 110 cm³/mol. The van der Waals surface area contributed by atoms with Gasteiger partial charge in [0, 0.05) is 31.8 Å². The molecule has 27 heavy (non-hydrogen) atoms. The summed E-state index contributed by atoms with van der Waals surface area (Å²) in [4.78, 5) is 20.7. The normalized spacial score (nSPS) is 17.3. The molecular formula is C21H27N3O2S. The molecule has 3 heterocycles. The van der Waals surface area contributed by atoms with Crippen molar-refractivity contribution in [1.82, 2.24) is 9.55 Å². The number of rotatable bonds is 4. The molecule has 6 heteroatoms. The van der Waals surface area contributed by atoms with Crippen LogP contribution in [0.5, 0.6) is 5.75 Å². The molecule has 0 spiro atoms. The number of thioether (sulfide) groups is 1. The van der Waals surface area contributed by atoms with Crippen LogP contribution in [0.15, 0.2) is 34.2 Å². The van der Waals surface area contributed by atoms with Gasteiger partial charge in [0.15, 0.2) is 5.16 Å². The lowest BCUT2D eigenvalue weighted by Crippen LogP contribution is -2.35. The van der Waals surface area contributed by atoms with Gasteiger partial charge in [0.05, 0.1) is 12.7 Å². The number of ether oxygens (including phenoxy) is 1. The average molecular weight is 386 g/mol. The molecule has 1 saturated heterocycles. The number of anilines is 1. The molecule has 4 rings (SSSR count). The summed E-state index contributed by atoms with van der Waals surface area (Å²) in [6.45, 7) is 2.77. The van der Waals surface area contributed by atoms with Gasteiger partial charge in [0.2, 0.25) is 0 Å². The number of nitrogens with zero attached hydrogens (tertiary/aromatic N) is 3. The molecule has 0 N–H and O–H groups in total. The Hall–Kier alpha value is -1.95. The molecule has 0 atom stereocenters. The number of aromatic nitrogens is 2. The molecule has 2 aliphatic rings. The Morgan fingerprint density at radius 2 is 1.78 bits per heavy atom. The molecule has 2 aliphatic heterocycles. The van der Waals surface area contributed by atoms with E-state index in [1.165, 1.54) is 25.7 Å². The van der Waals surface area contributed by atoms with Crippen LogP contribution in [-0.4, -0.2) is 35.5 Å². The van der Waals surface area contributed by atoms with Crippen molar-refractivity contribution in [1.29, 1.82) is 0 Å². The lowest BCUT2D eigenvalue weighted by atomic mass is 10.1. The maximum atomic E-state index is 13.3. The third kappa shape index (κ3) is 4.00. The van der Waals surface area contributed by atoms with Crippen LogP contribution in [0, 0.1) is 0 Å². The van der Waals surface area contributed by atoms with Gasteiger partial charge >= 0.3 is 0 Å². The standard InChI is InChI=1S/C21H27N3O2S/c1-26-17-9-7-16(8-10-17)15-18-19(23-11-4-2-3-5-12-23)22-21-24(20(18)25)13-6-14-27-21/h7-10H,2-6,11-15H2,1H3. The van der Waals surface area contributed by atoms with Crippen LogP contribution in [0.4, 0.5) is 5.82 Å². The van der Waals surface area contributed by atoms with Crippen LogP contribution in [0.3, 0.4) is 0 Å². The average Bonchev–Trinajstić information content (AvgIpc) is 3.00. The highest BCUT2D eigenvalue weighted by atomic mass is 32.2. The molecule has 1 aromatic heterocycles. The smallest absolute Gasteiger partial charge is 0.259 e. The Balaban J connectivity index is 1.75. The lowest BCUT2D eigenvalue weighted by Gasteiger charge is -2.27. The molecule has 0 unspecified atom stereocenters. The van der Waals surface area contributed by atoms with Gasteiger partial charge in [0.1, 0.15) is 11.6 Å². The number of benzene rings is 1. The van der Waals surface area contributed by atoms with E-state index in [1.807, 2.05) is 28.8 Å². The summed E-state index contributed by atoms with van der Waals surface area (Å²) in [5.74, 6) is 2.80. The largest absolute Gasteiger partial charge is 0.497 e. The van der Waals surface area contributed by atoms with E-state index in [4.69, 9.17) is 9.72 Å². The minimum absolute atomic E-state index is 0.141. The summed E-state index contributed by atoms with van der Waals surface area (Å²) < 4.78 is 7.14. The summed E-state index contributed by atoms with van der Waals surface area (Å²) in [7, 11) is 1.67. The van der Waals surface area contributed by atoms with Gasteiger partial charge in [0.25, 0.3) is 5.56 Å². The highest BCUT2D eigenvalue weighted by Gasteiger charge is 2.23. The maximum Gasteiger partial charge on any atom is 0.259 e. The number of hydrogen-bond acceptors (Lipinski definition) is 5. The van der Waals surface area contributed by atoms with E-state index in [-0.39, 0.29) is 5.56 Å². The van der Waals surface area contributed by atoms with E-state index in [1.54, 1.807) is 18.9 Å². The van der Waals surface area contributed by atoms with Gasteiger partial charge in [-0.3, -0.25) is 9.36 Å². The van der Waals surface area contributed by atoms with Crippen molar-refractivity contribution in [3.8, 4) is 5.75 Å². The first-order valence-electron chi connectivity index (χ1n) is 9.90. The van der Waals surface area contributed by atoms with E-state index in [0.717, 1.165) is 59.7 Å². The highest BCUT2D eigenvalue weighted by Crippen LogP contribution is 2.28. The SMILES string of the molecule is COc1ccc(Cc2c(N3CCCCCC3)nc3n(c2=O)CCCS3)cc1. The van der Waals surface area contributed by atoms with Crippen molar-refractivity contribution in [3.05, 3.63) is 45.7 Å². The predicted octanol–water partition coefficient (Wildman–Crippen LogP) is 3.72. The van der Waals surface area contributed by atoms with Crippen molar-refractivity contribution in [2.45, 2.75) is 50.2 Å². The first-order chi connectivity index (χ1) is 13.3. The number of hydrogen-bond donors (Lipinski definition) is 0. The van der Waals surface area contributed by atoms with Crippen molar-refractivity contribution < 1.29 is 4.74 Å². The van der Waals surface area contributed by atoms with Gasteiger partial charge < -0.3 is 9.64 Å². The van der Waals surface area contributed by atoms with E-state index in [2.05, 4.69) is 4.90 Å². The molecule has 5 nitrogen and oxygen atoms in total. The van der Waals surface area contributed by atoms with E-state index >= 15 is 0 Å². The fourth-order valence-corrected chi connectivity index (χ4v) is 4.84. The summed E-state index contributed by atoms with van der Waals surface area (Å²) in [6.07, 6.45) is 6.54. The number of methoxy groups -OCH3 is 1. The van der Waals surface area contributed by atoms with Gasteiger partial charge in [-0.05, 0) is 37.0 Å². The van der Waals surface area contributed by atoms with Gasteiger partial charge in [-0.25, -0.2) is 4.98 Å². The molecule has 0 amide bonds. The molecule has 0 aliphatic carbocycles. The summed E-state index contributed by atoms with van der Waals surface area (Å²) in [6, 6.07) is 8.01. The zero-order chi connectivity index (χ0) is 18.6. The van der Waals surface area contributed by atoms with Crippen LogP contribution in [0.25, 0.3) is 0 Å². The van der Waals surface area contributed by atoms with Crippen LogP contribution >= 0.6 is 11.8 Å².